The third kappa shape index (κ3) is 3.69. The molecule has 1 aliphatic rings. The van der Waals surface area contributed by atoms with Crippen LogP contribution in [0.3, 0.4) is 0 Å². The summed E-state index contributed by atoms with van der Waals surface area (Å²) >= 11 is 0. The molecule has 0 atom stereocenters. The van der Waals surface area contributed by atoms with Crippen molar-refractivity contribution in [3.8, 4) is 0 Å². The molecule has 1 saturated heterocycles. The van der Waals surface area contributed by atoms with Gasteiger partial charge in [-0.1, -0.05) is 0 Å². The molecule has 5 nitrogen and oxygen atoms in total. The summed E-state index contributed by atoms with van der Waals surface area (Å²) in [6.07, 6.45) is -0.678. The van der Waals surface area contributed by atoms with E-state index >= 15 is 0 Å². The topological polar surface area (TPSA) is 63.7 Å². The van der Waals surface area contributed by atoms with Gasteiger partial charge in [-0.05, 0) is 20.8 Å². The maximum atomic E-state index is 11.5. The number of amides is 1. The number of carbonyl (C=O) groups is 3. The second kappa shape index (κ2) is 4.00. The fourth-order valence-corrected chi connectivity index (χ4v) is 1.27. The van der Waals surface area contributed by atoms with Gasteiger partial charge in [0.15, 0.2) is 11.6 Å². The lowest BCUT2D eigenvalue weighted by molar-refractivity contribution is -0.132. The van der Waals surface area contributed by atoms with Crippen molar-refractivity contribution in [3.63, 3.8) is 0 Å². The van der Waals surface area contributed by atoms with Gasteiger partial charge in [-0.3, -0.25) is 14.5 Å². The number of hydrogen-bond acceptors (Lipinski definition) is 4. The van der Waals surface area contributed by atoms with E-state index in [2.05, 4.69) is 0 Å². The van der Waals surface area contributed by atoms with Crippen LogP contribution in [0.25, 0.3) is 0 Å². The Labute approximate surface area is 88.4 Å². The number of nitrogens with zero attached hydrogens (tertiary/aromatic N) is 1. The van der Waals surface area contributed by atoms with Crippen LogP contribution in [0.1, 0.15) is 27.2 Å². The fraction of sp³-hybridized carbons (Fsp3) is 0.700. The number of Topliss-reactive ketones (excluding diaryl/α,β-unsaturated/α-hetero) is 2. The van der Waals surface area contributed by atoms with E-state index in [4.69, 9.17) is 4.74 Å². The molecule has 1 amide bonds. The number of hydrogen-bond donors (Lipinski definition) is 0. The number of rotatable bonds is 0. The van der Waals surface area contributed by atoms with Crippen molar-refractivity contribution in [3.05, 3.63) is 0 Å². The van der Waals surface area contributed by atoms with Crippen LogP contribution in [-0.4, -0.2) is 41.3 Å². The first kappa shape index (κ1) is 11.7. The molecule has 84 valence electrons. The molecule has 0 aromatic heterocycles. The summed E-state index contributed by atoms with van der Waals surface area (Å²) in [4.78, 5) is 34.8. The van der Waals surface area contributed by atoms with Crippen molar-refractivity contribution in [1.29, 1.82) is 0 Å². The van der Waals surface area contributed by atoms with Crippen LogP contribution in [0.2, 0.25) is 0 Å². The van der Waals surface area contributed by atoms with Crippen molar-refractivity contribution in [1.82, 2.24) is 4.90 Å². The Morgan fingerprint density at radius 2 is 1.67 bits per heavy atom. The second-order valence-corrected chi connectivity index (χ2v) is 4.59. The molecular formula is C10H15NO4. The number of carbonyl (C=O) groups excluding carboxylic acids is 3. The SMILES string of the molecule is CC(C)(C)OC(=O)N1CC(=O)CC(=O)C1. The molecule has 15 heavy (non-hydrogen) atoms. The molecule has 1 aliphatic heterocycles. The lowest BCUT2D eigenvalue weighted by atomic mass is 10.1. The molecule has 0 radical (unpaired) electrons. The second-order valence-electron chi connectivity index (χ2n) is 4.59. The Morgan fingerprint density at radius 1 is 1.20 bits per heavy atom. The molecule has 0 unspecified atom stereocenters. The largest absolute Gasteiger partial charge is 0.444 e. The summed E-state index contributed by atoms with van der Waals surface area (Å²) in [5, 5.41) is 0. The van der Waals surface area contributed by atoms with Crippen molar-refractivity contribution < 1.29 is 19.1 Å². The Bertz CT molecular complexity index is 287. The average Bonchev–Trinajstić information content (AvgIpc) is 1.98. The maximum Gasteiger partial charge on any atom is 0.411 e. The predicted octanol–water partition coefficient (Wildman–Crippen LogP) is 0.765. The lowest BCUT2D eigenvalue weighted by Gasteiger charge is -2.28. The van der Waals surface area contributed by atoms with Gasteiger partial charge in [-0.15, -0.1) is 0 Å². The summed E-state index contributed by atoms with van der Waals surface area (Å²) in [7, 11) is 0. The lowest BCUT2D eigenvalue weighted by Crippen LogP contribution is -2.46. The molecule has 0 aliphatic carbocycles. The van der Waals surface area contributed by atoms with E-state index in [1.54, 1.807) is 20.8 Å². The van der Waals surface area contributed by atoms with Crippen molar-refractivity contribution in [2.24, 2.45) is 0 Å². The number of ketones is 2. The molecule has 5 heteroatoms. The highest BCUT2D eigenvalue weighted by Crippen LogP contribution is 2.12. The summed E-state index contributed by atoms with van der Waals surface area (Å²) in [6.45, 7) is 5.15. The summed E-state index contributed by atoms with van der Waals surface area (Å²) in [5.74, 6) is -0.478. The van der Waals surface area contributed by atoms with Gasteiger partial charge in [-0.25, -0.2) is 4.79 Å². The highest BCUT2D eigenvalue weighted by Gasteiger charge is 2.29. The van der Waals surface area contributed by atoms with Gasteiger partial charge >= 0.3 is 6.09 Å². The summed E-state index contributed by atoms with van der Waals surface area (Å²) < 4.78 is 5.06. The van der Waals surface area contributed by atoms with Crippen LogP contribution in [-0.2, 0) is 14.3 Å². The molecular weight excluding hydrogens is 198 g/mol. The zero-order chi connectivity index (χ0) is 11.6. The van der Waals surface area contributed by atoms with E-state index in [0.717, 1.165) is 4.90 Å². The standard InChI is InChI=1S/C10H15NO4/c1-10(2,3)15-9(14)11-5-7(12)4-8(13)6-11/h4-6H2,1-3H3. The zero-order valence-electron chi connectivity index (χ0n) is 9.20. The van der Waals surface area contributed by atoms with Gasteiger partial charge < -0.3 is 4.74 Å². The van der Waals surface area contributed by atoms with Crippen LogP contribution in [0, 0.1) is 0 Å². The van der Waals surface area contributed by atoms with Gasteiger partial charge in [-0.2, -0.15) is 0 Å². The van der Waals surface area contributed by atoms with E-state index in [-0.39, 0.29) is 31.1 Å². The Balaban J connectivity index is 2.60. The van der Waals surface area contributed by atoms with Crippen molar-refractivity contribution in [2.75, 3.05) is 13.1 Å². The van der Waals surface area contributed by atoms with E-state index < -0.39 is 11.7 Å². The van der Waals surface area contributed by atoms with Crippen LogP contribution in [0.15, 0.2) is 0 Å². The quantitative estimate of drug-likeness (QED) is 0.557. The minimum absolute atomic E-state index is 0.0271. The fourth-order valence-electron chi connectivity index (χ4n) is 1.27. The first-order valence-corrected chi connectivity index (χ1v) is 4.79. The molecule has 0 spiro atoms. The number of ether oxygens (including phenoxy) is 1. The number of likely N-dealkylation sites (tertiary alicyclic amines) is 1. The van der Waals surface area contributed by atoms with Crippen LogP contribution in [0.4, 0.5) is 4.79 Å². The summed E-state index contributed by atoms with van der Waals surface area (Å²) in [5.41, 5.74) is -0.610. The first-order valence-electron chi connectivity index (χ1n) is 4.79. The van der Waals surface area contributed by atoms with Crippen molar-refractivity contribution in [2.45, 2.75) is 32.8 Å². The van der Waals surface area contributed by atoms with Gasteiger partial charge in [0, 0.05) is 0 Å². The Kier molecular flexibility index (Phi) is 3.12. The van der Waals surface area contributed by atoms with Crippen LogP contribution < -0.4 is 0 Å². The molecule has 0 aromatic carbocycles. The first-order chi connectivity index (χ1) is 6.78. The molecule has 0 bridgehead atoms. The third-order valence-corrected chi connectivity index (χ3v) is 1.78. The Hall–Kier alpha value is -1.39. The van der Waals surface area contributed by atoms with Gasteiger partial charge in [0.25, 0.3) is 0 Å². The molecule has 0 N–H and O–H groups in total. The highest BCUT2D eigenvalue weighted by molar-refractivity contribution is 6.05. The van der Waals surface area contributed by atoms with Crippen LogP contribution >= 0.6 is 0 Å². The van der Waals surface area contributed by atoms with E-state index in [9.17, 15) is 14.4 Å². The molecule has 1 rings (SSSR count). The zero-order valence-corrected chi connectivity index (χ0v) is 9.20. The monoisotopic (exact) mass is 213 g/mol. The van der Waals surface area contributed by atoms with Gasteiger partial charge in [0.1, 0.15) is 5.60 Å². The van der Waals surface area contributed by atoms with Crippen molar-refractivity contribution >= 4 is 17.7 Å². The minimum atomic E-state index is -0.610. The Morgan fingerprint density at radius 3 is 2.07 bits per heavy atom. The number of piperidine rings is 1. The maximum absolute atomic E-state index is 11.5. The molecule has 1 fully saturated rings. The predicted molar refractivity (Wildman–Crippen MR) is 52.4 cm³/mol. The highest BCUT2D eigenvalue weighted by atomic mass is 16.6. The third-order valence-electron chi connectivity index (χ3n) is 1.78. The average molecular weight is 213 g/mol. The van der Waals surface area contributed by atoms with Gasteiger partial charge in [0.2, 0.25) is 0 Å². The van der Waals surface area contributed by atoms with E-state index in [1.165, 1.54) is 0 Å². The minimum Gasteiger partial charge on any atom is -0.444 e. The molecule has 0 aromatic rings. The molecule has 1 heterocycles. The van der Waals surface area contributed by atoms with Crippen LogP contribution in [0.5, 0.6) is 0 Å². The normalized spacial score (nSPS) is 17.9. The van der Waals surface area contributed by atoms with E-state index in [1.807, 2.05) is 0 Å². The summed E-state index contributed by atoms with van der Waals surface area (Å²) in [6, 6.07) is 0. The molecule has 0 saturated carbocycles. The smallest absolute Gasteiger partial charge is 0.411 e. The van der Waals surface area contributed by atoms with Gasteiger partial charge in [0.05, 0.1) is 19.5 Å². The van der Waals surface area contributed by atoms with E-state index in [0.29, 0.717) is 0 Å².